The van der Waals surface area contributed by atoms with Gasteiger partial charge < -0.3 is 16.2 Å². The first-order valence-corrected chi connectivity index (χ1v) is 6.24. The zero-order valence-corrected chi connectivity index (χ0v) is 10.00. The third-order valence-corrected chi connectivity index (χ3v) is 3.80. The largest absolute Gasteiger partial charge is 0.481 e. The van der Waals surface area contributed by atoms with Gasteiger partial charge in [0.2, 0.25) is 5.91 Å². The molecule has 17 heavy (non-hydrogen) atoms. The second-order valence-corrected chi connectivity index (χ2v) is 5.27. The molecule has 1 unspecified atom stereocenters. The van der Waals surface area contributed by atoms with Gasteiger partial charge in [-0.3, -0.25) is 9.59 Å². The Morgan fingerprint density at radius 1 is 1.59 bits per heavy atom. The number of aliphatic carboxylic acids is 1. The van der Waals surface area contributed by atoms with Crippen molar-refractivity contribution in [1.82, 2.24) is 5.32 Å². The van der Waals surface area contributed by atoms with E-state index in [0.717, 1.165) is 4.88 Å². The van der Waals surface area contributed by atoms with E-state index >= 15 is 0 Å². The number of hydrogen-bond acceptors (Lipinski definition) is 4. The van der Waals surface area contributed by atoms with Crippen LogP contribution < -0.4 is 11.1 Å². The highest BCUT2D eigenvalue weighted by Crippen LogP contribution is 2.33. The minimum atomic E-state index is -0.939. The fourth-order valence-corrected chi connectivity index (χ4v) is 2.33. The second-order valence-electron chi connectivity index (χ2n) is 4.30. The van der Waals surface area contributed by atoms with E-state index in [0.29, 0.717) is 12.8 Å². The molecule has 1 fully saturated rings. The molecule has 0 spiro atoms. The lowest BCUT2D eigenvalue weighted by molar-refractivity contribution is -0.137. The lowest BCUT2D eigenvalue weighted by Gasteiger charge is -2.18. The summed E-state index contributed by atoms with van der Waals surface area (Å²) in [5, 5.41) is 13.4. The van der Waals surface area contributed by atoms with Crippen molar-refractivity contribution in [2.75, 3.05) is 0 Å². The molecule has 1 aromatic heterocycles. The van der Waals surface area contributed by atoms with Gasteiger partial charge in [-0.15, -0.1) is 11.3 Å². The molecular formula is C11H14N2O3S. The molecule has 92 valence electrons. The number of carbonyl (C=O) groups excluding carboxylic acids is 1. The molecule has 0 saturated heterocycles. The van der Waals surface area contributed by atoms with E-state index in [1.807, 2.05) is 17.5 Å². The van der Waals surface area contributed by atoms with E-state index in [1.165, 1.54) is 11.3 Å². The smallest absolute Gasteiger partial charge is 0.305 e. The summed E-state index contributed by atoms with van der Waals surface area (Å²) in [7, 11) is 0. The third kappa shape index (κ3) is 2.83. The number of nitrogens with two attached hydrogens (primary N) is 1. The molecule has 1 aliphatic rings. The summed E-state index contributed by atoms with van der Waals surface area (Å²) >= 11 is 1.43. The topological polar surface area (TPSA) is 92.4 Å². The van der Waals surface area contributed by atoms with Crippen LogP contribution in [0.4, 0.5) is 0 Å². The quantitative estimate of drug-likeness (QED) is 0.727. The monoisotopic (exact) mass is 254 g/mol. The van der Waals surface area contributed by atoms with E-state index in [4.69, 9.17) is 10.8 Å². The Kier molecular flexibility index (Phi) is 3.17. The zero-order valence-electron chi connectivity index (χ0n) is 9.18. The summed E-state index contributed by atoms with van der Waals surface area (Å²) in [4.78, 5) is 23.4. The summed E-state index contributed by atoms with van der Waals surface area (Å²) in [5.41, 5.74) is 5.00. The van der Waals surface area contributed by atoms with Gasteiger partial charge >= 0.3 is 5.97 Å². The van der Waals surface area contributed by atoms with Gasteiger partial charge in [-0.2, -0.15) is 0 Å². The summed E-state index contributed by atoms with van der Waals surface area (Å²) in [5.74, 6) is -1.19. The third-order valence-electron chi connectivity index (χ3n) is 2.81. The van der Waals surface area contributed by atoms with E-state index in [1.54, 1.807) is 0 Å². The van der Waals surface area contributed by atoms with Crippen LogP contribution >= 0.6 is 11.3 Å². The predicted octanol–water partition coefficient (Wildman–Crippen LogP) is 0.871. The van der Waals surface area contributed by atoms with E-state index < -0.39 is 17.6 Å². The van der Waals surface area contributed by atoms with Gasteiger partial charge in [0, 0.05) is 4.88 Å². The number of carboxylic acid groups (broad SMARTS) is 1. The van der Waals surface area contributed by atoms with Crippen molar-refractivity contribution in [2.24, 2.45) is 5.73 Å². The highest BCUT2D eigenvalue weighted by molar-refractivity contribution is 7.10. The van der Waals surface area contributed by atoms with Crippen LogP contribution in [0.2, 0.25) is 0 Å². The van der Waals surface area contributed by atoms with Crippen LogP contribution in [-0.4, -0.2) is 22.5 Å². The van der Waals surface area contributed by atoms with Gasteiger partial charge in [-0.1, -0.05) is 6.07 Å². The number of amides is 1. The minimum absolute atomic E-state index is 0.123. The molecule has 0 bridgehead atoms. The first-order chi connectivity index (χ1) is 8.01. The zero-order chi connectivity index (χ0) is 12.5. The number of thiophene rings is 1. The molecule has 4 N–H and O–H groups in total. The van der Waals surface area contributed by atoms with Crippen LogP contribution in [0.5, 0.6) is 0 Å². The molecule has 1 aromatic rings. The van der Waals surface area contributed by atoms with Crippen molar-refractivity contribution in [3.63, 3.8) is 0 Å². The van der Waals surface area contributed by atoms with Crippen molar-refractivity contribution in [3.05, 3.63) is 22.4 Å². The molecule has 6 heteroatoms. The van der Waals surface area contributed by atoms with Gasteiger partial charge in [0.05, 0.1) is 18.0 Å². The van der Waals surface area contributed by atoms with Crippen molar-refractivity contribution in [2.45, 2.75) is 30.8 Å². The second kappa shape index (κ2) is 4.46. The average Bonchev–Trinajstić information content (AvgIpc) is 2.82. The number of rotatable bonds is 5. The highest BCUT2D eigenvalue weighted by Gasteiger charge is 2.46. The van der Waals surface area contributed by atoms with Gasteiger partial charge in [0.25, 0.3) is 0 Å². The number of nitrogens with one attached hydrogen (secondary N) is 1. The Hall–Kier alpha value is -1.40. The van der Waals surface area contributed by atoms with Gasteiger partial charge in [0.15, 0.2) is 0 Å². The van der Waals surface area contributed by atoms with Crippen molar-refractivity contribution >= 4 is 23.2 Å². The minimum Gasteiger partial charge on any atom is -0.481 e. The van der Waals surface area contributed by atoms with Crippen LogP contribution in [0, 0.1) is 0 Å². The molecule has 0 aromatic carbocycles. The summed E-state index contributed by atoms with van der Waals surface area (Å²) < 4.78 is 0. The Bertz CT molecular complexity index is 426. The van der Waals surface area contributed by atoms with E-state index in [2.05, 4.69) is 5.32 Å². The molecule has 1 saturated carbocycles. The number of carboxylic acids is 1. The van der Waals surface area contributed by atoms with Gasteiger partial charge in [0.1, 0.15) is 0 Å². The fraction of sp³-hybridized carbons (Fsp3) is 0.455. The summed E-state index contributed by atoms with van der Waals surface area (Å²) in [6.45, 7) is 0. The molecule has 0 aliphatic heterocycles. The van der Waals surface area contributed by atoms with Crippen LogP contribution in [0.15, 0.2) is 17.5 Å². The SMILES string of the molecule is NC1(C(=O)NC(CC(=O)O)c2cccs2)CC1. The van der Waals surface area contributed by atoms with Crippen molar-refractivity contribution in [3.8, 4) is 0 Å². The Labute approximate surface area is 103 Å². The van der Waals surface area contributed by atoms with Crippen LogP contribution in [-0.2, 0) is 9.59 Å². The molecule has 5 nitrogen and oxygen atoms in total. The maximum Gasteiger partial charge on any atom is 0.305 e. The Morgan fingerprint density at radius 3 is 2.76 bits per heavy atom. The van der Waals surface area contributed by atoms with E-state index in [9.17, 15) is 9.59 Å². The van der Waals surface area contributed by atoms with Crippen molar-refractivity contribution < 1.29 is 14.7 Å². The first kappa shape index (κ1) is 12.1. The molecule has 1 atom stereocenters. The highest BCUT2D eigenvalue weighted by atomic mass is 32.1. The Morgan fingerprint density at radius 2 is 2.29 bits per heavy atom. The van der Waals surface area contributed by atoms with Crippen LogP contribution in [0.1, 0.15) is 30.2 Å². The Balaban J connectivity index is 2.06. The molecular weight excluding hydrogens is 240 g/mol. The van der Waals surface area contributed by atoms with Gasteiger partial charge in [-0.25, -0.2) is 0 Å². The molecule has 0 radical (unpaired) electrons. The van der Waals surface area contributed by atoms with Crippen LogP contribution in [0.3, 0.4) is 0 Å². The summed E-state index contributed by atoms with van der Waals surface area (Å²) in [6, 6.07) is 3.16. The molecule has 1 amide bonds. The molecule has 1 aliphatic carbocycles. The van der Waals surface area contributed by atoms with E-state index in [-0.39, 0.29) is 12.3 Å². The predicted molar refractivity (Wildman–Crippen MR) is 63.6 cm³/mol. The maximum absolute atomic E-state index is 11.8. The first-order valence-electron chi connectivity index (χ1n) is 5.36. The average molecular weight is 254 g/mol. The molecule has 1 heterocycles. The maximum atomic E-state index is 11.8. The molecule has 2 rings (SSSR count). The normalized spacial score (nSPS) is 18.4. The standard InChI is InChI=1S/C11H14N2O3S/c12-11(3-4-11)10(16)13-7(6-9(14)15)8-2-1-5-17-8/h1-2,5,7H,3-4,6,12H2,(H,13,16)(H,14,15). The lowest BCUT2D eigenvalue weighted by atomic mass is 10.1. The van der Waals surface area contributed by atoms with Crippen molar-refractivity contribution in [1.29, 1.82) is 0 Å². The summed E-state index contributed by atoms with van der Waals surface area (Å²) in [6.07, 6.45) is 1.22. The van der Waals surface area contributed by atoms with Crippen LogP contribution in [0.25, 0.3) is 0 Å². The number of carbonyl (C=O) groups is 2. The lowest BCUT2D eigenvalue weighted by Crippen LogP contribution is -2.44. The van der Waals surface area contributed by atoms with Gasteiger partial charge in [-0.05, 0) is 24.3 Å². The fourth-order valence-electron chi connectivity index (χ4n) is 1.55. The number of hydrogen-bond donors (Lipinski definition) is 3.